The van der Waals surface area contributed by atoms with Gasteiger partial charge in [0.25, 0.3) is 0 Å². The number of halogens is 1. The van der Waals surface area contributed by atoms with Crippen molar-refractivity contribution in [2.45, 2.75) is 27.3 Å². The van der Waals surface area contributed by atoms with Gasteiger partial charge in [-0.25, -0.2) is 13.4 Å². The molecule has 0 saturated heterocycles. The van der Waals surface area contributed by atoms with Crippen molar-refractivity contribution in [2.75, 3.05) is 25.1 Å². The molecule has 1 rings (SSSR count). The Kier molecular flexibility index (Phi) is 9.38. The van der Waals surface area contributed by atoms with Gasteiger partial charge in [-0.1, -0.05) is 6.92 Å². The van der Waals surface area contributed by atoms with Gasteiger partial charge in [0.15, 0.2) is 15.8 Å². The van der Waals surface area contributed by atoms with E-state index in [0.29, 0.717) is 19.0 Å². The predicted octanol–water partition coefficient (Wildman–Crippen LogP) is 1.48. The quantitative estimate of drug-likeness (QED) is 0.393. The summed E-state index contributed by atoms with van der Waals surface area (Å²) in [7, 11) is -1.29. The van der Waals surface area contributed by atoms with Crippen LogP contribution in [0.3, 0.4) is 0 Å². The summed E-state index contributed by atoms with van der Waals surface area (Å²) >= 11 is 1.65. The first kappa shape index (κ1) is 20.6. The van der Waals surface area contributed by atoms with Gasteiger partial charge in [0.2, 0.25) is 0 Å². The minimum atomic E-state index is -2.95. The van der Waals surface area contributed by atoms with Crippen LogP contribution in [0.15, 0.2) is 4.99 Å². The first-order chi connectivity index (χ1) is 9.38. The number of hydrogen-bond acceptors (Lipinski definition) is 5. The van der Waals surface area contributed by atoms with Crippen LogP contribution in [0, 0.1) is 13.8 Å². The van der Waals surface area contributed by atoms with Gasteiger partial charge in [-0.15, -0.1) is 35.3 Å². The Morgan fingerprint density at radius 1 is 1.33 bits per heavy atom. The lowest BCUT2D eigenvalue weighted by molar-refractivity contribution is 0.595. The maximum absolute atomic E-state index is 11.4. The Labute approximate surface area is 147 Å². The van der Waals surface area contributed by atoms with Crippen LogP contribution >= 0.6 is 35.3 Å². The van der Waals surface area contributed by atoms with Gasteiger partial charge in [-0.2, -0.15) is 0 Å². The average molecular weight is 446 g/mol. The molecule has 0 atom stereocenters. The molecule has 0 fully saturated rings. The Morgan fingerprint density at radius 3 is 2.48 bits per heavy atom. The van der Waals surface area contributed by atoms with E-state index in [1.54, 1.807) is 25.3 Å². The van der Waals surface area contributed by atoms with Gasteiger partial charge < -0.3 is 10.6 Å². The highest BCUT2D eigenvalue weighted by Crippen LogP contribution is 2.15. The molecule has 0 radical (unpaired) electrons. The monoisotopic (exact) mass is 446 g/mol. The molecule has 0 unspecified atom stereocenters. The second-order valence-electron chi connectivity index (χ2n) is 4.34. The van der Waals surface area contributed by atoms with Crippen LogP contribution in [0.1, 0.15) is 22.5 Å². The zero-order chi connectivity index (χ0) is 15.2. The molecular formula is C12H23IN4O2S2. The number of nitrogens with one attached hydrogen (secondary N) is 2. The fourth-order valence-corrected chi connectivity index (χ4v) is 3.04. The Bertz CT molecular complexity index is 550. The van der Waals surface area contributed by atoms with Gasteiger partial charge >= 0.3 is 0 Å². The molecule has 0 aliphatic heterocycles. The van der Waals surface area contributed by atoms with E-state index in [1.807, 2.05) is 13.8 Å². The number of guanidine groups is 1. The molecule has 1 aromatic heterocycles. The van der Waals surface area contributed by atoms with Crippen molar-refractivity contribution in [1.29, 1.82) is 0 Å². The fourth-order valence-electron chi connectivity index (χ4n) is 1.46. The summed E-state index contributed by atoms with van der Waals surface area (Å²) in [6, 6.07) is 0. The normalized spacial score (nSPS) is 11.9. The van der Waals surface area contributed by atoms with Gasteiger partial charge in [-0.3, -0.25) is 4.99 Å². The summed E-state index contributed by atoms with van der Waals surface area (Å²) in [6.45, 7) is 6.61. The first-order valence-corrected chi connectivity index (χ1v) is 9.09. The number of hydrogen-bond donors (Lipinski definition) is 2. The third-order valence-electron chi connectivity index (χ3n) is 2.85. The molecule has 0 aliphatic carbocycles. The van der Waals surface area contributed by atoms with Crippen LogP contribution in [0.4, 0.5) is 0 Å². The number of thiazole rings is 1. The smallest absolute Gasteiger partial charge is 0.191 e. The Morgan fingerprint density at radius 2 is 2.00 bits per heavy atom. The van der Waals surface area contributed by atoms with Crippen LogP contribution in [-0.4, -0.2) is 44.5 Å². The number of sulfone groups is 1. The predicted molar refractivity (Wildman–Crippen MR) is 99.5 cm³/mol. The molecule has 1 aromatic rings. The molecule has 1 heterocycles. The summed E-state index contributed by atoms with van der Waals surface area (Å²) in [5, 5.41) is 7.10. The van der Waals surface area contributed by atoms with Gasteiger partial charge in [-0.05, 0) is 13.8 Å². The highest BCUT2D eigenvalue weighted by Gasteiger charge is 2.08. The lowest BCUT2D eigenvalue weighted by atomic mass is 10.4. The number of aromatic nitrogens is 1. The third-order valence-corrected chi connectivity index (χ3v) is 5.63. The van der Waals surface area contributed by atoms with Crippen molar-refractivity contribution in [1.82, 2.24) is 15.6 Å². The molecule has 9 heteroatoms. The van der Waals surface area contributed by atoms with Crippen molar-refractivity contribution in [3.05, 3.63) is 15.6 Å². The van der Waals surface area contributed by atoms with Crippen molar-refractivity contribution in [2.24, 2.45) is 4.99 Å². The van der Waals surface area contributed by atoms with E-state index in [2.05, 4.69) is 20.6 Å². The first-order valence-electron chi connectivity index (χ1n) is 6.45. The maximum Gasteiger partial charge on any atom is 0.191 e. The standard InChI is InChI=1S/C12H22N4O2S2.HI/c1-5-20(17,18)7-6-14-12(13-4)15-8-11-16-9(2)10(3)19-11;/h5-8H2,1-4H3,(H2,13,14,15);1H. The average Bonchev–Trinajstić information content (AvgIpc) is 2.72. The van der Waals surface area contributed by atoms with Crippen LogP contribution in [-0.2, 0) is 16.4 Å². The molecule has 0 saturated carbocycles. The fraction of sp³-hybridized carbons (Fsp3) is 0.667. The zero-order valence-corrected chi connectivity index (χ0v) is 16.7. The number of nitrogens with zero attached hydrogens (tertiary/aromatic N) is 2. The summed E-state index contributed by atoms with van der Waals surface area (Å²) in [5.74, 6) is 0.861. The highest BCUT2D eigenvalue weighted by atomic mass is 127. The molecule has 122 valence electrons. The van der Waals surface area contributed by atoms with E-state index in [0.717, 1.165) is 10.7 Å². The minimum absolute atomic E-state index is 0. The second kappa shape index (κ2) is 9.57. The molecule has 0 bridgehead atoms. The van der Waals surface area contributed by atoms with E-state index in [9.17, 15) is 8.42 Å². The van der Waals surface area contributed by atoms with E-state index in [-0.39, 0.29) is 35.5 Å². The maximum atomic E-state index is 11.4. The molecule has 6 nitrogen and oxygen atoms in total. The number of aliphatic imine (C=N–C) groups is 1. The lowest BCUT2D eigenvalue weighted by Gasteiger charge is -2.10. The zero-order valence-electron chi connectivity index (χ0n) is 12.8. The number of rotatable bonds is 6. The van der Waals surface area contributed by atoms with Gasteiger partial charge in [0.1, 0.15) is 5.01 Å². The summed E-state index contributed by atoms with van der Waals surface area (Å²) in [5.41, 5.74) is 1.05. The van der Waals surface area contributed by atoms with Gasteiger partial charge in [0, 0.05) is 24.2 Å². The molecule has 0 spiro atoms. The van der Waals surface area contributed by atoms with Crippen LogP contribution < -0.4 is 10.6 Å². The highest BCUT2D eigenvalue weighted by molar-refractivity contribution is 14.0. The van der Waals surface area contributed by atoms with Crippen LogP contribution in [0.2, 0.25) is 0 Å². The largest absolute Gasteiger partial charge is 0.355 e. The summed E-state index contributed by atoms with van der Waals surface area (Å²) in [4.78, 5) is 9.69. The van der Waals surface area contributed by atoms with E-state index in [1.165, 1.54) is 4.88 Å². The lowest BCUT2D eigenvalue weighted by Crippen LogP contribution is -2.39. The molecule has 2 N–H and O–H groups in total. The van der Waals surface area contributed by atoms with Gasteiger partial charge in [0.05, 0.1) is 18.0 Å². The third kappa shape index (κ3) is 7.41. The van der Waals surface area contributed by atoms with Crippen molar-refractivity contribution in [3.63, 3.8) is 0 Å². The second-order valence-corrected chi connectivity index (χ2v) is 8.10. The molecule has 0 aliphatic rings. The Balaban J connectivity index is 0.00000400. The topological polar surface area (TPSA) is 83.5 Å². The molecular weight excluding hydrogens is 423 g/mol. The van der Waals surface area contributed by atoms with E-state index >= 15 is 0 Å². The SMILES string of the molecule is CCS(=O)(=O)CCNC(=NC)NCc1nc(C)c(C)s1.I. The van der Waals surface area contributed by atoms with E-state index < -0.39 is 9.84 Å². The number of aryl methyl sites for hydroxylation is 2. The van der Waals surface area contributed by atoms with Crippen LogP contribution in [0.5, 0.6) is 0 Å². The van der Waals surface area contributed by atoms with E-state index in [4.69, 9.17) is 0 Å². The molecule has 21 heavy (non-hydrogen) atoms. The molecule has 0 aromatic carbocycles. The van der Waals surface area contributed by atoms with Crippen molar-refractivity contribution < 1.29 is 8.42 Å². The van der Waals surface area contributed by atoms with Crippen molar-refractivity contribution in [3.8, 4) is 0 Å². The summed E-state index contributed by atoms with van der Waals surface area (Å²) < 4.78 is 22.8. The van der Waals surface area contributed by atoms with Crippen molar-refractivity contribution >= 4 is 51.1 Å². The van der Waals surface area contributed by atoms with Crippen LogP contribution in [0.25, 0.3) is 0 Å². The minimum Gasteiger partial charge on any atom is -0.355 e. The molecule has 0 amide bonds. The summed E-state index contributed by atoms with van der Waals surface area (Å²) in [6.07, 6.45) is 0. The Hall–Kier alpha value is -0.420.